The fourth-order valence-corrected chi connectivity index (χ4v) is 9.70. The number of rotatable bonds is 9. The first kappa shape index (κ1) is 43.1. The van der Waals surface area contributed by atoms with Gasteiger partial charge in [-0.25, -0.2) is 4.98 Å². The van der Waals surface area contributed by atoms with Gasteiger partial charge in [-0.3, -0.25) is 4.57 Å². The first-order valence-electron chi connectivity index (χ1n) is 28.0. The third-order valence-electron chi connectivity index (χ3n) is 14.1. The molecule has 8 aromatic carbocycles. The van der Waals surface area contributed by atoms with Crippen LogP contribution in [0.1, 0.15) is 100 Å². The van der Waals surface area contributed by atoms with E-state index in [1.165, 1.54) is 0 Å². The van der Waals surface area contributed by atoms with Gasteiger partial charge in [-0.15, -0.1) is 29.7 Å². The molecule has 3 aromatic heterocycles. The van der Waals surface area contributed by atoms with Crippen molar-refractivity contribution in [2.75, 3.05) is 0 Å². The standard InChI is InChI=1S/C68H62N4O.Pt/c1-45(66(2,3)4)58-42-64(69-43-59(58)47-25-15-12-16-26-47)72-60-32-18-17-29-56(60)57-36-35-53(41-63(57)72)73-52-28-21-27-51(40-52)70-44-71(62-34-20-19-33-61(62)70)65-54(46-23-13-11-14-24-46)30-22-31-55(65)48-37-49(67(5,6)7)39-50(38-48)68(8,9)10;/h11-39,42-43,45H,1-10H3;/q-2;/i11D,13D,14D,23D,24D,45D;. The van der Waals surface area contributed by atoms with Gasteiger partial charge in [-0.2, -0.15) is 18.2 Å². The molecule has 372 valence electrons. The maximum Gasteiger partial charge on any atom is 0.268 e. The number of para-hydroxylation sites is 4. The maximum absolute atomic E-state index is 9.86. The summed E-state index contributed by atoms with van der Waals surface area (Å²) in [6.45, 7) is 21.5. The molecule has 6 heteroatoms. The summed E-state index contributed by atoms with van der Waals surface area (Å²) in [5.74, 6) is 0.582. The van der Waals surface area contributed by atoms with Crippen molar-refractivity contribution in [1.29, 1.82) is 0 Å². The second-order valence-corrected chi connectivity index (χ2v) is 22.0. The molecule has 0 fully saturated rings. The summed E-state index contributed by atoms with van der Waals surface area (Å²) in [6, 6.07) is 55.8. The Bertz CT molecular complexity index is 4160. The van der Waals surface area contributed by atoms with Gasteiger partial charge in [-0.05, 0) is 89.9 Å². The first-order chi connectivity index (χ1) is 37.4. The van der Waals surface area contributed by atoms with Crippen molar-refractivity contribution in [2.45, 2.75) is 86.0 Å². The van der Waals surface area contributed by atoms with Crippen molar-refractivity contribution in [2.24, 2.45) is 5.41 Å². The zero-order valence-corrected chi connectivity index (χ0v) is 45.8. The molecule has 0 saturated heterocycles. The molecule has 0 aliphatic carbocycles. The van der Waals surface area contributed by atoms with Crippen LogP contribution in [0, 0.1) is 23.9 Å². The Labute approximate surface area is 459 Å². The molecule has 11 rings (SSSR count). The van der Waals surface area contributed by atoms with Gasteiger partial charge in [0.2, 0.25) is 0 Å². The van der Waals surface area contributed by atoms with Crippen LogP contribution in [0.25, 0.3) is 83.4 Å². The van der Waals surface area contributed by atoms with Crippen molar-refractivity contribution >= 4 is 32.8 Å². The van der Waals surface area contributed by atoms with Crippen molar-refractivity contribution in [3.8, 4) is 62.1 Å². The van der Waals surface area contributed by atoms with E-state index in [0.717, 1.165) is 71.8 Å². The van der Waals surface area contributed by atoms with Crippen molar-refractivity contribution in [3.05, 3.63) is 223 Å². The number of ether oxygens (including phenoxy) is 1. The molecule has 0 saturated carbocycles. The third kappa shape index (κ3) is 9.44. The quantitative estimate of drug-likeness (QED) is 0.107. The molecule has 3 heterocycles. The Morgan fingerprint density at radius 2 is 1.23 bits per heavy atom. The number of benzene rings is 8. The molecule has 0 spiro atoms. The Morgan fingerprint density at radius 1 is 0.595 bits per heavy atom. The zero-order valence-electron chi connectivity index (χ0n) is 49.5. The molecule has 0 aliphatic heterocycles. The maximum atomic E-state index is 9.86. The molecular weight excluding hydrogens is 1080 g/mol. The smallest absolute Gasteiger partial charge is 0.268 e. The van der Waals surface area contributed by atoms with E-state index in [1.807, 2.05) is 119 Å². The minimum atomic E-state index is -0.987. The molecule has 1 atom stereocenters. The number of pyridine rings is 1. The van der Waals surface area contributed by atoms with Gasteiger partial charge >= 0.3 is 0 Å². The fraction of sp³-hybridized carbons (Fsp3) is 0.206. The third-order valence-corrected chi connectivity index (χ3v) is 14.1. The largest absolute Gasteiger partial charge is 0.510 e. The molecule has 11 aromatic rings. The van der Waals surface area contributed by atoms with Crippen molar-refractivity contribution in [1.82, 2.24) is 14.1 Å². The average molecular weight is 1150 g/mol. The molecule has 0 N–H and O–H groups in total. The van der Waals surface area contributed by atoms with Crippen molar-refractivity contribution in [3.63, 3.8) is 0 Å². The van der Waals surface area contributed by atoms with Crippen LogP contribution in [-0.4, -0.2) is 14.1 Å². The Hall–Kier alpha value is -7.33. The van der Waals surface area contributed by atoms with Crippen LogP contribution in [0.5, 0.6) is 11.5 Å². The summed E-state index contributed by atoms with van der Waals surface area (Å²) in [5.41, 5.74) is 11.1. The van der Waals surface area contributed by atoms with Gasteiger partial charge in [0, 0.05) is 51.2 Å². The molecule has 0 amide bonds. The minimum absolute atomic E-state index is 0. The number of fused-ring (bicyclic) bond motifs is 4. The van der Waals surface area contributed by atoms with E-state index in [9.17, 15) is 4.11 Å². The van der Waals surface area contributed by atoms with Crippen LogP contribution in [0.2, 0.25) is 0 Å². The van der Waals surface area contributed by atoms with Crippen LogP contribution in [-0.2, 0) is 31.9 Å². The Balaban J connectivity index is 0.00000720. The normalized spacial score (nSPS) is 14.1. The van der Waals surface area contributed by atoms with E-state index in [-0.39, 0.29) is 49.5 Å². The summed E-state index contributed by atoms with van der Waals surface area (Å²) >= 11 is 0. The van der Waals surface area contributed by atoms with Gasteiger partial charge < -0.3 is 13.9 Å². The Morgan fingerprint density at radius 3 is 1.93 bits per heavy atom. The van der Waals surface area contributed by atoms with E-state index >= 15 is 0 Å². The van der Waals surface area contributed by atoms with E-state index in [2.05, 4.69) is 140 Å². The van der Waals surface area contributed by atoms with Crippen LogP contribution < -0.4 is 9.30 Å². The first-order valence-corrected chi connectivity index (χ1v) is 25.0. The van der Waals surface area contributed by atoms with Gasteiger partial charge in [0.15, 0.2) is 0 Å². The summed E-state index contributed by atoms with van der Waals surface area (Å²) in [6.07, 6.45) is 5.56. The summed E-state index contributed by atoms with van der Waals surface area (Å²) < 4.78 is 67.1. The predicted octanol–water partition coefficient (Wildman–Crippen LogP) is 17.3. The van der Waals surface area contributed by atoms with E-state index in [4.69, 9.17) is 13.8 Å². The number of nitrogens with zero attached hydrogens (tertiary/aromatic N) is 4. The molecule has 5 nitrogen and oxygen atoms in total. The van der Waals surface area contributed by atoms with Crippen LogP contribution in [0.3, 0.4) is 0 Å². The zero-order chi connectivity index (χ0) is 56.1. The molecular formula is C68H62N4OPt-2. The summed E-state index contributed by atoms with van der Waals surface area (Å²) in [5, 5.41) is 2.01. The predicted molar refractivity (Wildman–Crippen MR) is 302 cm³/mol. The topological polar surface area (TPSA) is 35.9 Å². The average Bonchev–Trinajstić information content (AvgIpc) is 4.16. The second-order valence-electron chi connectivity index (χ2n) is 22.0. The number of imidazole rings is 1. The monoisotopic (exact) mass is 1150 g/mol. The number of hydrogen-bond acceptors (Lipinski definition) is 2. The summed E-state index contributed by atoms with van der Waals surface area (Å²) in [7, 11) is 0. The summed E-state index contributed by atoms with van der Waals surface area (Å²) in [4.78, 5) is 5.11. The molecule has 74 heavy (non-hydrogen) atoms. The van der Waals surface area contributed by atoms with Crippen molar-refractivity contribution < 1.29 is 38.6 Å². The van der Waals surface area contributed by atoms with Gasteiger partial charge in [0.05, 0.1) is 23.6 Å². The van der Waals surface area contributed by atoms with Crippen LogP contribution >= 0.6 is 0 Å². The van der Waals surface area contributed by atoms with Gasteiger partial charge in [0.1, 0.15) is 5.82 Å². The van der Waals surface area contributed by atoms with E-state index in [1.54, 1.807) is 0 Å². The fourth-order valence-electron chi connectivity index (χ4n) is 9.70. The van der Waals surface area contributed by atoms with Crippen LogP contribution in [0.15, 0.2) is 188 Å². The second kappa shape index (κ2) is 19.5. The number of hydrogen-bond donors (Lipinski definition) is 0. The van der Waals surface area contributed by atoms with E-state index in [0.29, 0.717) is 34.3 Å². The Kier molecular flexibility index (Phi) is 11.4. The van der Waals surface area contributed by atoms with Crippen LogP contribution in [0.4, 0.5) is 0 Å². The van der Waals surface area contributed by atoms with Gasteiger partial charge in [0.25, 0.3) is 6.33 Å². The number of aromatic nitrogens is 4. The molecule has 0 aliphatic rings. The molecule has 0 bridgehead atoms. The minimum Gasteiger partial charge on any atom is -0.510 e. The van der Waals surface area contributed by atoms with E-state index < -0.39 is 29.4 Å². The SMILES string of the molecule is [2H]c1c([2H])c([2H])c(-c2cccc(-c3cc(C(C)(C)C)cc(C(C)(C)C)c3)c2-[n+]2[c-]n(-c3[c-]c(Oc4[c-]c5c(cc4)c4ccccc4n5-c4cc(C([2H])(C)C(C)(C)C)c(-c5ccccc5)cn4)ccc3)c3ccccc32)c([2H])c1[2H].[Pt]. The molecule has 0 radical (unpaired) electrons. The molecule has 1 unspecified atom stereocenters. The van der Waals surface area contributed by atoms with Gasteiger partial charge in [-0.1, -0.05) is 214 Å².